The number of Topliss-reactive ketones (excluding diaryl/α,β-unsaturated/α-hetero) is 1. The van der Waals surface area contributed by atoms with Crippen LogP contribution in [0.15, 0.2) is 27.5 Å². The highest BCUT2D eigenvalue weighted by Gasteiger charge is 2.28. The molecule has 26 heavy (non-hydrogen) atoms. The van der Waals surface area contributed by atoms with Crippen LogP contribution in [0, 0.1) is 19.8 Å². The zero-order valence-electron chi connectivity index (χ0n) is 15.6. The number of aryl methyl sites for hydroxylation is 2. The maximum atomic E-state index is 12.7. The van der Waals surface area contributed by atoms with Crippen molar-refractivity contribution < 1.29 is 9.53 Å². The quantitative estimate of drug-likeness (QED) is 0.726. The Morgan fingerprint density at radius 3 is 2.69 bits per heavy atom. The van der Waals surface area contributed by atoms with E-state index in [-0.39, 0.29) is 17.4 Å². The van der Waals surface area contributed by atoms with Crippen molar-refractivity contribution in [3.05, 3.63) is 61.0 Å². The molecule has 1 atom stereocenters. The van der Waals surface area contributed by atoms with Gasteiger partial charge < -0.3 is 9.72 Å². The molecule has 1 aromatic carbocycles. The number of hydrogen-bond donors (Lipinski definition) is 1. The average Bonchev–Trinajstić information content (AvgIpc) is 2.98. The lowest BCUT2D eigenvalue weighted by molar-refractivity contribution is 0.0982. The zero-order valence-corrected chi connectivity index (χ0v) is 17.2. The number of H-pyrrole nitrogens is 1. The summed E-state index contributed by atoms with van der Waals surface area (Å²) >= 11 is 3.54. The van der Waals surface area contributed by atoms with E-state index in [0.29, 0.717) is 29.9 Å². The smallest absolute Gasteiger partial charge is 0.251 e. The van der Waals surface area contributed by atoms with Crippen molar-refractivity contribution in [1.82, 2.24) is 4.98 Å². The minimum Gasteiger partial charge on any atom is -0.488 e. The molecule has 0 amide bonds. The molecule has 1 unspecified atom stereocenters. The van der Waals surface area contributed by atoms with Gasteiger partial charge >= 0.3 is 0 Å². The number of carbonyl (C=O) groups is 1. The van der Waals surface area contributed by atoms with Gasteiger partial charge in [0.15, 0.2) is 5.78 Å². The molecule has 2 aromatic rings. The first kappa shape index (κ1) is 18.9. The fraction of sp³-hybridized carbons (Fsp3) is 0.429. The monoisotopic (exact) mass is 417 g/mol. The Kier molecular flexibility index (Phi) is 5.37. The van der Waals surface area contributed by atoms with Gasteiger partial charge in [0.1, 0.15) is 11.9 Å². The lowest BCUT2D eigenvalue weighted by Gasteiger charge is -2.14. The first-order valence-electron chi connectivity index (χ1n) is 8.98. The van der Waals surface area contributed by atoms with Crippen LogP contribution in [-0.2, 0) is 12.8 Å². The van der Waals surface area contributed by atoms with Crippen molar-refractivity contribution in [1.29, 1.82) is 0 Å². The molecule has 0 bridgehead atoms. The lowest BCUT2D eigenvalue weighted by Crippen LogP contribution is -2.19. The highest BCUT2D eigenvalue weighted by Crippen LogP contribution is 2.39. The van der Waals surface area contributed by atoms with Crippen molar-refractivity contribution in [2.24, 2.45) is 5.92 Å². The second-order valence-electron chi connectivity index (χ2n) is 7.42. The minimum absolute atomic E-state index is 0.0425. The van der Waals surface area contributed by atoms with Gasteiger partial charge in [-0.25, -0.2) is 0 Å². The SMILES string of the molecule is Cc1cc(C)c(CCC(=O)c2cc(Br)c3c(c2)CC(C(C)C)O3)c(=O)[nH]1. The molecular formula is C21H24BrNO3. The number of ether oxygens (including phenoxy) is 1. The van der Waals surface area contributed by atoms with Gasteiger partial charge in [0, 0.05) is 29.7 Å². The Hall–Kier alpha value is -1.88. The molecule has 0 saturated carbocycles. The molecule has 1 aliphatic heterocycles. The molecule has 2 heterocycles. The fourth-order valence-electron chi connectivity index (χ4n) is 3.45. The maximum absolute atomic E-state index is 12.7. The summed E-state index contributed by atoms with van der Waals surface area (Å²) in [6.07, 6.45) is 1.73. The van der Waals surface area contributed by atoms with Crippen LogP contribution in [-0.4, -0.2) is 16.9 Å². The van der Waals surface area contributed by atoms with E-state index in [0.717, 1.165) is 33.5 Å². The van der Waals surface area contributed by atoms with E-state index >= 15 is 0 Å². The summed E-state index contributed by atoms with van der Waals surface area (Å²) in [6, 6.07) is 5.71. The summed E-state index contributed by atoms with van der Waals surface area (Å²) in [6.45, 7) is 8.05. The summed E-state index contributed by atoms with van der Waals surface area (Å²) in [7, 11) is 0. The molecule has 5 heteroatoms. The number of halogens is 1. The Labute approximate surface area is 162 Å². The molecule has 0 spiro atoms. The van der Waals surface area contributed by atoms with E-state index in [1.54, 1.807) is 0 Å². The number of pyridine rings is 1. The van der Waals surface area contributed by atoms with Crippen LogP contribution in [0.25, 0.3) is 0 Å². The van der Waals surface area contributed by atoms with Crippen LogP contribution < -0.4 is 10.3 Å². The third kappa shape index (κ3) is 3.78. The molecule has 4 nitrogen and oxygen atoms in total. The lowest BCUT2D eigenvalue weighted by atomic mass is 9.97. The number of fused-ring (bicyclic) bond motifs is 1. The molecule has 0 aliphatic carbocycles. The van der Waals surface area contributed by atoms with Gasteiger partial charge in [0.05, 0.1) is 4.47 Å². The number of nitrogens with one attached hydrogen (secondary N) is 1. The fourth-order valence-corrected chi connectivity index (χ4v) is 4.05. The highest BCUT2D eigenvalue weighted by atomic mass is 79.9. The molecule has 1 aromatic heterocycles. The second kappa shape index (κ2) is 7.39. The Bertz CT molecular complexity index is 914. The summed E-state index contributed by atoms with van der Waals surface area (Å²) in [4.78, 5) is 27.6. The molecule has 0 saturated heterocycles. The molecule has 0 fully saturated rings. The summed E-state index contributed by atoms with van der Waals surface area (Å²) in [5, 5.41) is 0. The van der Waals surface area contributed by atoms with Crippen molar-refractivity contribution in [3.63, 3.8) is 0 Å². The highest BCUT2D eigenvalue weighted by molar-refractivity contribution is 9.10. The average molecular weight is 418 g/mol. The number of rotatable bonds is 5. The molecule has 1 aliphatic rings. The van der Waals surface area contributed by atoms with Crippen molar-refractivity contribution in [3.8, 4) is 5.75 Å². The number of ketones is 1. The second-order valence-corrected chi connectivity index (χ2v) is 8.27. The number of hydrogen-bond acceptors (Lipinski definition) is 3. The Morgan fingerprint density at radius 2 is 2.04 bits per heavy atom. The number of aromatic amines is 1. The van der Waals surface area contributed by atoms with Crippen LogP contribution in [0.3, 0.4) is 0 Å². The van der Waals surface area contributed by atoms with Gasteiger partial charge in [-0.15, -0.1) is 0 Å². The van der Waals surface area contributed by atoms with Crippen molar-refractivity contribution in [2.75, 3.05) is 0 Å². The Morgan fingerprint density at radius 1 is 1.31 bits per heavy atom. The normalized spacial score (nSPS) is 15.8. The summed E-state index contributed by atoms with van der Waals surface area (Å²) < 4.78 is 6.83. The minimum atomic E-state index is -0.0985. The number of carbonyl (C=O) groups excluding carboxylic acids is 1. The van der Waals surface area contributed by atoms with E-state index in [1.165, 1.54) is 0 Å². The molecular weight excluding hydrogens is 394 g/mol. The van der Waals surface area contributed by atoms with Gasteiger partial charge in [-0.1, -0.05) is 13.8 Å². The predicted molar refractivity (Wildman–Crippen MR) is 106 cm³/mol. The molecule has 138 valence electrons. The predicted octanol–water partition coefficient (Wildman–Crippen LogP) is 4.53. The standard InChI is InChI=1S/C21H24BrNO3/c1-11(2)19-10-15-8-14(9-17(22)20(15)26-19)18(24)6-5-16-12(3)7-13(4)23-21(16)25/h7-9,11,19H,5-6,10H2,1-4H3,(H,23,25). The maximum Gasteiger partial charge on any atom is 0.251 e. The first-order valence-corrected chi connectivity index (χ1v) is 9.77. The number of aromatic nitrogens is 1. The topological polar surface area (TPSA) is 59.2 Å². The van der Waals surface area contributed by atoms with Crippen LogP contribution >= 0.6 is 15.9 Å². The number of benzene rings is 1. The van der Waals surface area contributed by atoms with Crippen LogP contribution in [0.2, 0.25) is 0 Å². The third-order valence-electron chi connectivity index (χ3n) is 4.97. The van der Waals surface area contributed by atoms with Crippen LogP contribution in [0.1, 0.15) is 53.0 Å². The van der Waals surface area contributed by atoms with Gasteiger partial charge in [-0.05, 0) is 71.4 Å². The van der Waals surface area contributed by atoms with E-state index in [9.17, 15) is 9.59 Å². The van der Waals surface area contributed by atoms with Crippen molar-refractivity contribution in [2.45, 2.75) is 53.1 Å². The molecule has 3 rings (SSSR count). The first-order chi connectivity index (χ1) is 12.3. The molecule has 1 N–H and O–H groups in total. The van der Waals surface area contributed by atoms with Crippen LogP contribution in [0.4, 0.5) is 0 Å². The van der Waals surface area contributed by atoms with E-state index in [1.807, 2.05) is 32.0 Å². The summed E-state index contributed by atoms with van der Waals surface area (Å²) in [5.74, 6) is 1.32. The zero-order chi connectivity index (χ0) is 19.0. The van der Waals surface area contributed by atoms with Crippen LogP contribution in [0.5, 0.6) is 5.75 Å². The van der Waals surface area contributed by atoms with Crippen molar-refractivity contribution >= 4 is 21.7 Å². The van der Waals surface area contributed by atoms with Gasteiger partial charge in [-0.3, -0.25) is 9.59 Å². The van der Waals surface area contributed by atoms with Gasteiger partial charge in [0.25, 0.3) is 5.56 Å². The van der Waals surface area contributed by atoms with E-state index in [4.69, 9.17) is 4.74 Å². The molecule has 0 radical (unpaired) electrons. The van der Waals surface area contributed by atoms with E-state index < -0.39 is 0 Å². The third-order valence-corrected chi connectivity index (χ3v) is 5.56. The van der Waals surface area contributed by atoms with E-state index in [2.05, 4.69) is 34.8 Å². The van der Waals surface area contributed by atoms with Gasteiger partial charge in [-0.2, -0.15) is 0 Å². The largest absolute Gasteiger partial charge is 0.488 e. The van der Waals surface area contributed by atoms with Gasteiger partial charge in [0.2, 0.25) is 0 Å². The Balaban J connectivity index is 1.77. The summed E-state index contributed by atoms with van der Waals surface area (Å²) in [5.41, 5.74) is 4.11.